The van der Waals surface area contributed by atoms with Crippen LogP contribution in [0, 0.1) is 0 Å². The zero-order valence-electron chi connectivity index (χ0n) is 12.0. The minimum absolute atomic E-state index is 0.0413. The van der Waals surface area contributed by atoms with Crippen LogP contribution >= 0.6 is 15.9 Å². The standard InChI is InChI=1S/C15H15BrN2O4S/c16-11-6-7-13(14(19)10-11)18-15(20)8-9-17-23(21,22)12-4-2-1-3-5-12/h1-7,10,17,19H,8-9H2,(H,18,20). The van der Waals surface area contributed by atoms with E-state index in [1.54, 1.807) is 30.3 Å². The second kappa shape index (κ2) is 7.58. The smallest absolute Gasteiger partial charge is 0.240 e. The molecule has 0 heterocycles. The predicted molar refractivity (Wildman–Crippen MR) is 90.7 cm³/mol. The Labute approximate surface area is 142 Å². The molecule has 0 saturated heterocycles. The molecule has 0 aliphatic rings. The van der Waals surface area contributed by atoms with Crippen molar-refractivity contribution in [2.75, 3.05) is 11.9 Å². The van der Waals surface area contributed by atoms with Crippen LogP contribution in [0.5, 0.6) is 5.75 Å². The van der Waals surface area contributed by atoms with Crippen LogP contribution in [0.25, 0.3) is 0 Å². The number of carbonyl (C=O) groups is 1. The maximum atomic E-state index is 12.0. The third kappa shape index (κ3) is 5.05. The molecule has 2 aromatic carbocycles. The highest BCUT2D eigenvalue weighted by atomic mass is 79.9. The fraction of sp³-hybridized carbons (Fsp3) is 0.133. The van der Waals surface area contributed by atoms with E-state index in [2.05, 4.69) is 26.0 Å². The SMILES string of the molecule is O=C(CCNS(=O)(=O)c1ccccc1)Nc1ccc(Br)cc1O. The van der Waals surface area contributed by atoms with Crippen molar-refractivity contribution in [1.29, 1.82) is 0 Å². The van der Waals surface area contributed by atoms with Crippen LogP contribution in [0.3, 0.4) is 0 Å². The summed E-state index contributed by atoms with van der Waals surface area (Å²) in [6, 6.07) is 12.6. The van der Waals surface area contributed by atoms with Crippen LogP contribution in [0.1, 0.15) is 6.42 Å². The topological polar surface area (TPSA) is 95.5 Å². The molecule has 23 heavy (non-hydrogen) atoms. The molecular formula is C15H15BrN2O4S. The number of aromatic hydroxyl groups is 1. The number of halogens is 1. The number of rotatable bonds is 6. The first-order valence-electron chi connectivity index (χ1n) is 6.71. The summed E-state index contributed by atoms with van der Waals surface area (Å²) in [5, 5.41) is 12.2. The van der Waals surface area contributed by atoms with Gasteiger partial charge in [-0.2, -0.15) is 0 Å². The van der Waals surface area contributed by atoms with Gasteiger partial charge in [0, 0.05) is 17.4 Å². The van der Waals surface area contributed by atoms with Crippen LogP contribution in [-0.4, -0.2) is 26.0 Å². The lowest BCUT2D eigenvalue weighted by atomic mass is 10.3. The van der Waals surface area contributed by atoms with Crippen LogP contribution in [0.2, 0.25) is 0 Å². The summed E-state index contributed by atoms with van der Waals surface area (Å²) < 4.78 is 27.0. The second-order valence-corrected chi connectivity index (χ2v) is 7.35. The van der Waals surface area contributed by atoms with Crippen molar-refractivity contribution in [3.8, 4) is 5.75 Å². The lowest BCUT2D eigenvalue weighted by molar-refractivity contribution is -0.116. The molecule has 0 unspecified atom stereocenters. The van der Waals surface area contributed by atoms with Gasteiger partial charge in [0.15, 0.2) is 0 Å². The molecule has 0 aliphatic heterocycles. The molecule has 0 spiro atoms. The van der Waals surface area contributed by atoms with Crippen molar-refractivity contribution in [3.05, 3.63) is 53.0 Å². The Morgan fingerprint density at radius 1 is 1.13 bits per heavy atom. The number of sulfonamides is 1. The second-order valence-electron chi connectivity index (χ2n) is 4.67. The Morgan fingerprint density at radius 2 is 1.83 bits per heavy atom. The van der Waals surface area contributed by atoms with Crippen LogP contribution in [-0.2, 0) is 14.8 Å². The van der Waals surface area contributed by atoms with Crippen molar-refractivity contribution in [2.45, 2.75) is 11.3 Å². The highest BCUT2D eigenvalue weighted by Gasteiger charge is 2.14. The van der Waals surface area contributed by atoms with Crippen molar-refractivity contribution < 1.29 is 18.3 Å². The van der Waals surface area contributed by atoms with E-state index in [1.165, 1.54) is 18.2 Å². The Bertz CT molecular complexity index is 794. The number of hydrogen-bond donors (Lipinski definition) is 3. The molecule has 0 saturated carbocycles. The quantitative estimate of drug-likeness (QED) is 0.651. The van der Waals surface area contributed by atoms with Gasteiger partial charge in [-0.25, -0.2) is 13.1 Å². The number of phenols is 1. The van der Waals surface area contributed by atoms with Gasteiger partial charge in [0.1, 0.15) is 5.75 Å². The summed E-state index contributed by atoms with van der Waals surface area (Å²) in [5.74, 6) is -0.476. The predicted octanol–water partition coefficient (Wildman–Crippen LogP) is 2.46. The average molecular weight is 399 g/mol. The molecule has 0 bridgehead atoms. The monoisotopic (exact) mass is 398 g/mol. The number of amides is 1. The van der Waals surface area contributed by atoms with Crippen LogP contribution in [0.15, 0.2) is 57.9 Å². The van der Waals surface area contributed by atoms with Gasteiger partial charge in [-0.05, 0) is 30.3 Å². The summed E-state index contributed by atoms with van der Waals surface area (Å²) in [7, 11) is -3.63. The fourth-order valence-electron chi connectivity index (χ4n) is 1.81. The summed E-state index contributed by atoms with van der Waals surface area (Å²) in [5.41, 5.74) is 0.268. The Hall–Kier alpha value is -1.90. The third-order valence-corrected chi connectivity index (χ3v) is 4.90. The largest absolute Gasteiger partial charge is 0.506 e. The average Bonchev–Trinajstić information content (AvgIpc) is 2.51. The van der Waals surface area contributed by atoms with Gasteiger partial charge in [0.25, 0.3) is 0 Å². The van der Waals surface area contributed by atoms with E-state index >= 15 is 0 Å². The lowest BCUT2D eigenvalue weighted by Gasteiger charge is -2.09. The van der Waals surface area contributed by atoms with Gasteiger partial charge < -0.3 is 10.4 Å². The molecule has 1 amide bonds. The molecule has 8 heteroatoms. The molecule has 0 atom stereocenters. The van der Waals surface area contributed by atoms with E-state index < -0.39 is 15.9 Å². The van der Waals surface area contributed by atoms with Crippen LogP contribution in [0.4, 0.5) is 5.69 Å². The maximum absolute atomic E-state index is 12.0. The van der Waals surface area contributed by atoms with Gasteiger partial charge in [0.05, 0.1) is 10.6 Å². The summed E-state index contributed by atoms with van der Waals surface area (Å²) in [4.78, 5) is 11.9. The summed E-state index contributed by atoms with van der Waals surface area (Å²) >= 11 is 3.20. The van der Waals surface area contributed by atoms with Crippen LogP contribution < -0.4 is 10.0 Å². The Morgan fingerprint density at radius 3 is 2.48 bits per heavy atom. The fourth-order valence-corrected chi connectivity index (χ4v) is 3.21. The van der Waals surface area contributed by atoms with Gasteiger partial charge in [-0.3, -0.25) is 4.79 Å². The van der Waals surface area contributed by atoms with Gasteiger partial charge in [-0.15, -0.1) is 0 Å². The Balaban J connectivity index is 1.88. The van der Waals surface area contributed by atoms with Crippen molar-refractivity contribution in [2.24, 2.45) is 0 Å². The molecule has 2 aromatic rings. The van der Waals surface area contributed by atoms with Crippen molar-refractivity contribution >= 4 is 37.5 Å². The minimum atomic E-state index is -3.63. The molecule has 0 fully saturated rings. The first kappa shape index (κ1) is 17.5. The summed E-state index contributed by atoms with van der Waals surface area (Å²) in [6.45, 7) is -0.0413. The van der Waals surface area contributed by atoms with E-state index in [0.29, 0.717) is 4.47 Å². The van der Waals surface area contributed by atoms with Crippen molar-refractivity contribution in [3.63, 3.8) is 0 Å². The zero-order chi connectivity index (χ0) is 16.9. The van der Waals surface area contributed by atoms with E-state index in [1.807, 2.05) is 0 Å². The molecular weight excluding hydrogens is 384 g/mol. The number of phenolic OH excluding ortho intramolecular Hbond substituents is 1. The van der Waals surface area contributed by atoms with Crippen molar-refractivity contribution in [1.82, 2.24) is 4.72 Å². The first-order chi connectivity index (χ1) is 10.9. The summed E-state index contributed by atoms with van der Waals surface area (Å²) in [6.07, 6.45) is -0.0540. The van der Waals surface area contributed by atoms with Gasteiger partial charge in [0.2, 0.25) is 15.9 Å². The molecule has 3 N–H and O–H groups in total. The number of nitrogens with one attached hydrogen (secondary N) is 2. The van der Waals surface area contributed by atoms with E-state index in [-0.39, 0.29) is 29.3 Å². The zero-order valence-corrected chi connectivity index (χ0v) is 14.4. The maximum Gasteiger partial charge on any atom is 0.240 e. The highest BCUT2D eigenvalue weighted by Crippen LogP contribution is 2.26. The molecule has 0 radical (unpaired) electrons. The first-order valence-corrected chi connectivity index (χ1v) is 8.99. The molecule has 0 aliphatic carbocycles. The number of carbonyl (C=O) groups excluding carboxylic acids is 1. The normalized spacial score (nSPS) is 11.2. The number of hydrogen-bond acceptors (Lipinski definition) is 4. The van der Waals surface area contributed by atoms with E-state index in [0.717, 1.165) is 0 Å². The molecule has 6 nitrogen and oxygen atoms in total. The number of benzene rings is 2. The molecule has 0 aromatic heterocycles. The molecule has 2 rings (SSSR count). The third-order valence-electron chi connectivity index (χ3n) is 2.93. The van der Waals surface area contributed by atoms with Gasteiger partial charge >= 0.3 is 0 Å². The van der Waals surface area contributed by atoms with Gasteiger partial charge in [-0.1, -0.05) is 34.1 Å². The Kier molecular flexibility index (Phi) is 5.75. The van der Waals surface area contributed by atoms with E-state index in [4.69, 9.17) is 0 Å². The molecule has 122 valence electrons. The minimum Gasteiger partial charge on any atom is -0.506 e. The number of anilines is 1. The highest BCUT2D eigenvalue weighted by molar-refractivity contribution is 9.10. The lowest BCUT2D eigenvalue weighted by Crippen LogP contribution is -2.27. The van der Waals surface area contributed by atoms with E-state index in [9.17, 15) is 18.3 Å².